The van der Waals surface area contributed by atoms with Gasteiger partial charge < -0.3 is 9.51 Å². The minimum atomic E-state index is -0.855. The van der Waals surface area contributed by atoms with Crippen LogP contribution >= 0.6 is 0 Å². The number of aryl methyl sites for hydroxylation is 1. The van der Waals surface area contributed by atoms with Crippen LogP contribution < -0.4 is 0 Å². The quantitative estimate of drug-likeness (QED) is 0.813. The van der Waals surface area contributed by atoms with Gasteiger partial charge in [-0.2, -0.15) is 0 Å². The Morgan fingerprint density at radius 3 is 2.73 bits per heavy atom. The molecule has 2 heterocycles. The minimum Gasteiger partial charge on any atom is -0.384 e. The van der Waals surface area contributed by atoms with Gasteiger partial charge in [0.2, 0.25) is 0 Å². The van der Waals surface area contributed by atoms with Crippen LogP contribution in [0, 0.1) is 0 Å². The van der Waals surface area contributed by atoms with Crippen LogP contribution in [-0.4, -0.2) is 14.5 Å². The van der Waals surface area contributed by atoms with Gasteiger partial charge in [-0.25, -0.2) is 4.98 Å². The van der Waals surface area contributed by atoms with E-state index in [0.29, 0.717) is 0 Å². The van der Waals surface area contributed by atoms with Gasteiger partial charge in [-0.15, -0.1) is 0 Å². The third kappa shape index (κ3) is 1.75. The summed E-state index contributed by atoms with van der Waals surface area (Å²) in [6.07, 6.45) is 4.75. The largest absolute Gasteiger partial charge is 0.384 e. The van der Waals surface area contributed by atoms with Gasteiger partial charge in [0.1, 0.15) is 11.2 Å². The van der Waals surface area contributed by atoms with Crippen LogP contribution in [0.3, 0.4) is 0 Å². The number of aliphatic hydroxyl groups is 1. The highest BCUT2D eigenvalue weighted by atomic mass is 16.3. The Labute approximate surface area is 89.4 Å². The summed E-state index contributed by atoms with van der Waals surface area (Å²) in [4.78, 5) is 4.26. The molecule has 0 fully saturated rings. The number of rotatable bonds is 2. The van der Waals surface area contributed by atoms with E-state index in [1.165, 1.54) is 5.56 Å². The molecule has 1 N–H and O–H groups in total. The van der Waals surface area contributed by atoms with Crippen molar-refractivity contribution >= 4 is 5.65 Å². The van der Waals surface area contributed by atoms with Gasteiger partial charge >= 0.3 is 0 Å². The van der Waals surface area contributed by atoms with E-state index in [4.69, 9.17) is 0 Å². The Morgan fingerprint density at radius 1 is 1.40 bits per heavy atom. The van der Waals surface area contributed by atoms with Crippen LogP contribution in [0.25, 0.3) is 5.65 Å². The van der Waals surface area contributed by atoms with Gasteiger partial charge in [-0.3, -0.25) is 0 Å². The van der Waals surface area contributed by atoms with Crippen LogP contribution in [-0.2, 0) is 12.0 Å². The molecule has 0 amide bonds. The summed E-state index contributed by atoms with van der Waals surface area (Å²) in [6.45, 7) is 5.66. The second-order valence-electron chi connectivity index (χ2n) is 4.32. The van der Waals surface area contributed by atoms with Gasteiger partial charge in [0.15, 0.2) is 0 Å². The molecule has 0 atom stereocenters. The molecular weight excluding hydrogens is 188 g/mol. The Kier molecular flexibility index (Phi) is 2.27. The molecule has 80 valence electrons. The third-order valence-electron chi connectivity index (χ3n) is 2.60. The van der Waals surface area contributed by atoms with E-state index in [2.05, 4.69) is 18.0 Å². The third-order valence-corrected chi connectivity index (χ3v) is 2.60. The SMILES string of the molecule is CCc1ccc2ncc(C(C)(C)O)n2c1. The van der Waals surface area contributed by atoms with E-state index >= 15 is 0 Å². The summed E-state index contributed by atoms with van der Waals surface area (Å²) in [7, 11) is 0. The number of imidazole rings is 1. The summed E-state index contributed by atoms with van der Waals surface area (Å²) >= 11 is 0. The van der Waals surface area contributed by atoms with Gasteiger partial charge in [-0.1, -0.05) is 13.0 Å². The predicted molar refractivity (Wildman–Crippen MR) is 59.8 cm³/mol. The lowest BCUT2D eigenvalue weighted by Crippen LogP contribution is -2.18. The molecule has 0 saturated carbocycles. The summed E-state index contributed by atoms with van der Waals surface area (Å²) in [5.74, 6) is 0. The molecule has 2 aromatic rings. The molecule has 0 aliphatic heterocycles. The number of hydrogen-bond donors (Lipinski definition) is 1. The van der Waals surface area contributed by atoms with Crippen molar-refractivity contribution in [2.75, 3.05) is 0 Å². The topological polar surface area (TPSA) is 37.5 Å². The lowest BCUT2D eigenvalue weighted by molar-refractivity contribution is 0.0729. The molecule has 0 aromatic carbocycles. The fraction of sp³-hybridized carbons (Fsp3) is 0.417. The van der Waals surface area contributed by atoms with E-state index in [0.717, 1.165) is 17.8 Å². The Bertz CT molecular complexity index is 480. The second kappa shape index (κ2) is 3.35. The van der Waals surface area contributed by atoms with Gasteiger partial charge in [0.25, 0.3) is 0 Å². The molecule has 0 aliphatic carbocycles. The maximum absolute atomic E-state index is 9.98. The second-order valence-corrected chi connectivity index (χ2v) is 4.32. The van der Waals surface area contributed by atoms with Crippen molar-refractivity contribution in [3.8, 4) is 0 Å². The van der Waals surface area contributed by atoms with Crippen molar-refractivity contribution < 1.29 is 5.11 Å². The summed E-state index contributed by atoms with van der Waals surface area (Å²) in [5, 5.41) is 9.98. The molecule has 3 heteroatoms. The fourth-order valence-electron chi connectivity index (χ4n) is 1.69. The van der Waals surface area contributed by atoms with Gasteiger partial charge in [0, 0.05) is 6.20 Å². The lowest BCUT2D eigenvalue weighted by Gasteiger charge is -2.16. The molecule has 0 radical (unpaired) electrons. The molecule has 0 unspecified atom stereocenters. The van der Waals surface area contributed by atoms with E-state index < -0.39 is 5.60 Å². The maximum atomic E-state index is 9.98. The highest BCUT2D eigenvalue weighted by Crippen LogP contribution is 2.21. The van der Waals surface area contributed by atoms with Crippen LogP contribution in [0.15, 0.2) is 24.5 Å². The average molecular weight is 204 g/mol. The molecule has 2 aromatic heterocycles. The normalized spacial score (nSPS) is 12.3. The standard InChI is InChI=1S/C12H16N2O/c1-4-9-5-6-11-13-7-10(12(2,3)15)14(11)8-9/h5-8,15H,4H2,1-3H3. The van der Waals surface area contributed by atoms with Gasteiger partial charge in [0.05, 0.1) is 11.9 Å². The van der Waals surface area contributed by atoms with E-state index in [-0.39, 0.29) is 0 Å². The first-order valence-electron chi connectivity index (χ1n) is 5.21. The zero-order valence-electron chi connectivity index (χ0n) is 9.36. The van der Waals surface area contributed by atoms with Crippen molar-refractivity contribution in [1.29, 1.82) is 0 Å². The maximum Gasteiger partial charge on any atom is 0.136 e. The first kappa shape index (κ1) is 10.2. The number of aromatic nitrogens is 2. The molecule has 0 spiro atoms. The van der Waals surface area contributed by atoms with Gasteiger partial charge in [-0.05, 0) is 31.9 Å². The van der Waals surface area contributed by atoms with Crippen LogP contribution in [0.1, 0.15) is 32.0 Å². The van der Waals surface area contributed by atoms with Crippen molar-refractivity contribution in [1.82, 2.24) is 9.38 Å². The van der Waals surface area contributed by atoms with Crippen LogP contribution in [0.4, 0.5) is 0 Å². The first-order chi connectivity index (χ1) is 7.02. The fourth-order valence-corrected chi connectivity index (χ4v) is 1.69. The first-order valence-corrected chi connectivity index (χ1v) is 5.21. The van der Waals surface area contributed by atoms with E-state index in [9.17, 15) is 5.11 Å². The Balaban J connectivity index is 2.67. The zero-order valence-corrected chi connectivity index (χ0v) is 9.36. The average Bonchev–Trinajstić information content (AvgIpc) is 2.59. The summed E-state index contributed by atoms with van der Waals surface area (Å²) in [6, 6.07) is 4.05. The monoisotopic (exact) mass is 204 g/mol. The van der Waals surface area contributed by atoms with E-state index in [1.807, 2.05) is 16.7 Å². The smallest absolute Gasteiger partial charge is 0.136 e. The zero-order chi connectivity index (χ0) is 11.1. The van der Waals surface area contributed by atoms with E-state index in [1.54, 1.807) is 20.0 Å². The molecule has 0 aliphatic rings. The van der Waals surface area contributed by atoms with Crippen molar-refractivity contribution in [3.05, 3.63) is 35.8 Å². The van der Waals surface area contributed by atoms with Crippen molar-refractivity contribution in [2.45, 2.75) is 32.8 Å². The molecule has 0 saturated heterocycles. The molecular formula is C12H16N2O. The Morgan fingerprint density at radius 2 is 2.13 bits per heavy atom. The van der Waals surface area contributed by atoms with Crippen molar-refractivity contribution in [2.24, 2.45) is 0 Å². The molecule has 15 heavy (non-hydrogen) atoms. The minimum absolute atomic E-state index is 0.827. The number of pyridine rings is 1. The highest BCUT2D eigenvalue weighted by Gasteiger charge is 2.20. The van der Waals surface area contributed by atoms with Crippen LogP contribution in [0.2, 0.25) is 0 Å². The number of nitrogens with zero attached hydrogens (tertiary/aromatic N) is 2. The highest BCUT2D eigenvalue weighted by molar-refractivity contribution is 5.42. The molecule has 2 rings (SSSR count). The van der Waals surface area contributed by atoms with Crippen molar-refractivity contribution in [3.63, 3.8) is 0 Å². The van der Waals surface area contributed by atoms with Crippen LogP contribution in [0.5, 0.6) is 0 Å². The Hall–Kier alpha value is -1.35. The summed E-state index contributed by atoms with van der Waals surface area (Å²) < 4.78 is 1.96. The number of hydrogen-bond acceptors (Lipinski definition) is 2. The summed E-state index contributed by atoms with van der Waals surface area (Å²) in [5.41, 5.74) is 2.09. The molecule has 0 bridgehead atoms. The number of fused-ring (bicyclic) bond motifs is 1. The lowest BCUT2D eigenvalue weighted by atomic mass is 10.1. The molecule has 3 nitrogen and oxygen atoms in total. The predicted octanol–water partition coefficient (Wildman–Crippen LogP) is 2.12.